The minimum atomic E-state index is -0.188. The van der Waals surface area contributed by atoms with Crippen molar-refractivity contribution in [3.8, 4) is 5.75 Å². The molecule has 1 aromatic rings. The first-order valence-electron chi connectivity index (χ1n) is 6.62. The van der Waals surface area contributed by atoms with Crippen LogP contribution in [-0.2, 0) is 4.79 Å². The van der Waals surface area contributed by atoms with E-state index in [1.807, 2.05) is 45.0 Å². The molecule has 0 aliphatic rings. The van der Waals surface area contributed by atoms with E-state index in [4.69, 9.17) is 9.84 Å². The van der Waals surface area contributed by atoms with Crippen LogP contribution < -0.4 is 10.1 Å². The van der Waals surface area contributed by atoms with Gasteiger partial charge in [0.1, 0.15) is 5.75 Å². The molecule has 0 spiro atoms. The first kappa shape index (κ1) is 15.5. The van der Waals surface area contributed by atoms with Gasteiger partial charge in [0.25, 0.3) is 0 Å². The quantitative estimate of drug-likeness (QED) is 0.791. The van der Waals surface area contributed by atoms with E-state index in [1.54, 1.807) is 0 Å². The van der Waals surface area contributed by atoms with Crippen LogP contribution in [-0.4, -0.2) is 30.3 Å². The van der Waals surface area contributed by atoms with Crippen molar-refractivity contribution in [2.75, 3.05) is 13.2 Å². The first-order chi connectivity index (χ1) is 9.02. The number of amides is 1. The summed E-state index contributed by atoms with van der Waals surface area (Å²) in [5.41, 5.74) is 1.13. The van der Waals surface area contributed by atoms with Gasteiger partial charge in [0.05, 0.1) is 25.7 Å². The second kappa shape index (κ2) is 7.79. The fraction of sp³-hybridized carbons (Fsp3) is 0.533. The molecular formula is C15H23NO3. The minimum Gasteiger partial charge on any atom is -0.493 e. The Balaban J connectivity index is 2.31. The molecule has 0 radical (unpaired) electrons. The third-order valence-corrected chi connectivity index (χ3v) is 2.94. The second-order valence-electron chi connectivity index (χ2n) is 5.02. The van der Waals surface area contributed by atoms with E-state index < -0.39 is 0 Å². The monoisotopic (exact) mass is 265 g/mol. The molecule has 0 fully saturated rings. The number of carbonyl (C=O) groups is 1. The Bertz CT molecular complexity index is 404. The molecule has 1 amide bonds. The van der Waals surface area contributed by atoms with Gasteiger partial charge in [-0.2, -0.15) is 0 Å². The Morgan fingerprint density at radius 1 is 1.42 bits per heavy atom. The van der Waals surface area contributed by atoms with Gasteiger partial charge in [0, 0.05) is 0 Å². The molecule has 0 heterocycles. The van der Waals surface area contributed by atoms with Crippen LogP contribution >= 0.6 is 0 Å². The van der Waals surface area contributed by atoms with Crippen molar-refractivity contribution in [2.24, 2.45) is 5.92 Å². The van der Waals surface area contributed by atoms with Crippen molar-refractivity contribution in [2.45, 2.75) is 33.2 Å². The summed E-state index contributed by atoms with van der Waals surface area (Å²) in [5.74, 6) is 0.891. The zero-order valence-electron chi connectivity index (χ0n) is 11.8. The van der Waals surface area contributed by atoms with Gasteiger partial charge in [-0.05, 0) is 30.5 Å². The molecule has 4 nitrogen and oxygen atoms in total. The van der Waals surface area contributed by atoms with Gasteiger partial charge in [-0.1, -0.05) is 26.0 Å². The van der Waals surface area contributed by atoms with E-state index in [2.05, 4.69) is 5.32 Å². The Morgan fingerprint density at radius 3 is 2.74 bits per heavy atom. The van der Waals surface area contributed by atoms with Crippen molar-refractivity contribution < 1.29 is 14.6 Å². The highest BCUT2D eigenvalue weighted by Gasteiger charge is 2.14. The third-order valence-electron chi connectivity index (χ3n) is 2.94. The molecule has 1 aromatic carbocycles. The summed E-state index contributed by atoms with van der Waals surface area (Å²) in [4.78, 5) is 11.7. The molecule has 1 unspecified atom stereocenters. The Morgan fingerprint density at radius 2 is 2.16 bits per heavy atom. The predicted molar refractivity (Wildman–Crippen MR) is 75.1 cm³/mol. The van der Waals surface area contributed by atoms with Gasteiger partial charge < -0.3 is 15.2 Å². The van der Waals surface area contributed by atoms with Crippen LogP contribution in [0.1, 0.15) is 25.8 Å². The fourth-order valence-corrected chi connectivity index (χ4v) is 1.67. The number of rotatable bonds is 7. The van der Waals surface area contributed by atoms with E-state index in [0.29, 0.717) is 6.61 Å². The van der Waals surface area contributed by atoms with Crippen LogP contribution in [0.2, 0.25) is 0 Å². The summed E-state index contributed by atoms with van der Waals surface area (Å²) >= 11 is 0. The summed E-state index contributed by atoms with van der Waals surface area (Å²) in [5, 5.41) is 11.9. The van der Waals surface area contributed by atoms with Crippen LogP contribution in [0.4, 0.5) is 0 Å². The van der Waals surface area contributed by atoms with Gasteiger partial charge in [0.2, 0.25) is 5.91 Å². The molecule has 106 valence electrons. The van der Waals surface area contributed by atoms with Gasteiger partial charge in [-0.15, -0.1) is 0 Å². The summed E-state index contributed by atoms with van der Waals surface area (Å²) in [6.45, 7) is 6.22. The van der Waals surface area contributed by atoms with E-state index in [0.717, 1.165) is 11.3 Å². The van der Waals surface area contributed by atoms with Crippen molar-refractivity contribution in [3.05, 3.63) is 29.8 Å². The number of benzene rings is 1. The highest BCUT2D eigenvalue weighted by atomic mass is 16.5. The molecule has 0 bridgehead atoms. The molecule has 0 aliphatic heterocycles. The standard InChI is InChI=1S/C15H23NO3/c1-11(2)14(10-17)16-15(18)7-8-19-13-6-4-5-12(3)9-13/h4-6,9,11,14,17H,7-8,10H2,1-3H3,(H,16,18). The fourth-order valence-electron chi connectivity index (χ4n) is 1.67. The normalized spacial score (nSPS) is 12.3. The molecule has 1 rings (SSSR count). The minimum absolute atomic E-state index is 0.0395. The zero-order chi connectivity index (χ0) is 14.3. The van der Waals surface area contributed by atoms with E-state index in [9.17, 15) is 4.79 Å². The highest BCUT2D eigenvalue weighted by molar-refractivity contribution is 5.76. The number of hydrogen-bond acceptors (Lipinski definition) is 3. The van der Waals surface area contributed by atoms with Crippen molar-refractivity contribution >= 4 is 5.91 Å². The number of hydrogen-bond donors (Lipinski definition) is 2. The number of aliphatic hydroxyl groups excluding tert-OH is 1. The van der Waals surface area contributed by atoms with Crippen LogP contribution in [0.5, 0.6) is 5.75 Å². The van der Waals surface area contributed by atoms with Gasteiger partial charge in [0.15, 0.2) is 0 Å². The van der Waals surface area contributed by atoms with Gasteiger partial charge in [-0.25, -0.2) is 0 Å². The number of aliphatic hydroxyl groups is 1. The van der Waals surface area contributed by atoms with Crippen LogP contribution in [0.25, 0.3) is 0 Å². The van der Waals surface area contributed by atoms with Crippen molar-refractivity contribution in [1.29, 1.82) is 0 Å². The van der Waals surface area contributed by atoms with Crippen LogP contribution in [0.15, 0.2) is 24.3 Å². The lowest BCUT2D eigenvalue weighted by Gasteiger charge is -2.19. The molecule has 0 saturated carbocycles. The second-order valence-corrected chi connectivity index (χ2v) is 5.02. The Labute approximate surface area is 114 Å². The number of carbonyl (C=O) groups excluding carboxylic acids is 1. The zero-order valence-corrected chi connectivity index (χ0v) is 11.8. The van der Waals surface area contributed by atoms with Crippen LogP contribution in [0, 0.1) is 12.8 Å². The molecule has 19 heavy (non-hydrogen) atoms. The van der Waals surface area contributed by atoms with E-state index in [-0.39, 0.29) is 30.9 Å². The highest BCUT2D eigenvalue weighted by Crippen LogP contribution is 2.12. The lowest BCUT2D eigenvalue weighted by molar-refractivity contribution is -0.122. The molecule has 0 saturated heterocycles. The number of nitrogens with one attached hydrogen (secondary N) is 1. The van der Waals surface area contributed by atoms with Crippen molar-refractivity contribution in [1.82, 2.24) is 5.32 Å². The summed E-state index contributed by atoms with van der Waals surface area (Å²) in [6, 6.07) is 7.53. The third kappa shape index (κ3) is 5.75. The van der Waals surface area contributed by atoms with Crippen molar-refractivity contribution in [3.63, 3.8) is 0 Å². The van der Waals surface area contributed by atoms with Crippen LogP contribution in [0.3, 0.4) is 0 Å². The Kier molecular flexibility index (Phi) is 6.36. The average molecular weight is 265 g/mol. The largest absolute Gasteiger partial charge is 0.493 e. The first-order valence-corrected chi connectivity index (χ1v) is 6.62. The number of aryl methyl sites for hydroxylation is 1. The summed E-state index contributed by atoms with van der Waals surface area (Å²) < 4.78 is 5.51. The smallest absolute Gasteiger partial charge is 0.223 e. The Hall–Kier alpha value is -1.55. The maximum absolute atomic E-state index is 11.7. The maximum Gasteiger partial charge on any atom is 0.223 e. The molecule has 1 atom stereocenters. The molecule has 0 aliphatic carbocycles. The van der Waals surface area contributed by atoms with Gasteiger partial charge >= 0.3 is 0 Å². The lowest BCUT2D eigenvalue weighted by atomic mass is 10.1. The van der Waals surface area contributed by atoms with Gasteiger partial charge in [-0.3, -0.25) is 4.79 Å². The molecule has 4 heteroatoms. The molecular weight excluding hydrogens is 242 g/mol. The summed E-state index contributed by atoms with van der Waals surface area (Å²) in [7, 11) is 0. The molecule has 0 aromatic heterocycles. The SMILES string of the molecule is Cc1cccc(OCCC(=O)NC(CO)C(C)C)c1. The lowest BCUT2D eigenvalue weighted by Crippen LogP contribution is -2.41. The van der Waals surface area contributed by atoms with E-state index >= 15 is 0 Å². The summed E-state index contributed by atoms with van der Waals surface area (Å²) in [6.07, 6.45) is 0.289. The number of ether oxygens (including phenoxy) is 1. The molecule has 2 N–H and O–H groups in total. The maximum atomic E-state index is 11.7. The topological polar surface area (TPSA) is 58.6 Å². The predicted octanol–water partition coefficient (Wildman–Crippen LogP) is 1.90. The van der Waals surface area contributed by atoms with E-state index in [1.165, 1.54) is 0 Å². The average Bonchev–Trinajstić information content (AvgIpc) is 2.35.